The van der Waals surface area contributed by atoms with Crippen molar-refractivity contribution in [3.8, 4) is 0 Å². The van der Waals surface area contributed by atoms with Gasteiger partial charge in [-0.1, -0.05) is 18.2 Å². The summed E-state index contributed by atoms with van der Waals surface area (Å²) in [6, 6.07) is 13.2. The predicted octanol–water partition coefficient (Wildman–Crippen LogP) is 1.81. The van der Waals surface area contributed by atoms with Crippen LogP contribution in [0.4, 0.5) is 0 Å². The molecule has 2 N–H and O–H groups in total. The van der Waals surface area contributed by atoms with Gasteiger partial charge in [0.25, 0.3) is 0 Å². The maximum Gasteiger partial charge on any atom is 0.337 e. The minimum absolute atomic E-state index is 0.327. The van der Waals surface area contributed by atoms with Gasteiger partial charge in [-0.05, 0) is 43.2 Å². The lowest BCUT2D eigenvalue weighted by molar-refractivity contribution is 0.0600. The van der Waals surface area contributed by atoms with Crippen molar-refractivity contribution in [2.75, 3.05) is 20.2 Å². The summed E-state index contributed by atoms with van der Waals surface area (Å²) in [5.41, 5.74) is 2.48. The number of methoxy groups -OCH3 is 1. The van der Waals surface area contributed by atoms with Gasteiger partial charge in [0.1, 0.15) is 6.54 Å². The van der Waals surface area contributed by atoms with Crippen LogP contribution >= 0.6 is 0 Å². The van der Waals surface area contributed by atoms with Crippen LogP contribution in [0.3, 0.4) is 0 Å². The summed E-state index contributed by atoms with van der Waals surface area (Å²) in [5, 5.41) is 14.9. The number of aromatic nitrogens is 3. The smallest absolute Gasteiger partial charge is 0.337 e. The molecule has 0 bridgehead atoms. The van der Waals surface area contributed by atoms with Crippen molar-refractivity contribution < 1.29 is 9.53 Å². The molecule has 0 amide bonds. The summed E-state index contributed by atoms with van der Waals surface area (Å²) < 4.78 is 6.64. The van der Waals surface area contributed by atoms with Gasteiger partial charge in [0, 0.05) is 19.3 Å². The van der Waals surface area contributed by atoms with E-state index in [4.69, 9.17) is 4.74 Å². The third-order valence-electron chi connectivity index (χ3n) is 4.19. The lowest BCUT2D eigenvalue weighted by Crippen LogP contribution is -2.38. The molecule has 0 spiro atoms. The zero-order valence-electron chi connectivity index (χ0n) is 16.1. The molecule has 3 rings (SSSR count). The van der Waals surface area contributed by atoms with Crippen LogP contribution in [-0.4, -0.2) is 46.7 Å². The summed E-state index contributed by atoms with van der Waals surface area (Å²) in [4.78, 5) is 16.1. The fraction of sp³-hybridized carbons (Fsp3) is 0.300. The highest BCUT2D eigenvalue weighted by atomic mass is 16.5. The number of carbonyl (C=O) groups is 1. The quantitative estimate of drug-likeness (QED) is 0.369. The molecule has 0 aliphatic rings. The number of esters is 1. The number of nitrogens with zero attached hydrogens (tertiary/aromatic N) is 4. The zero-order chi connectivity index (χ0) is 19.8. The van der Waals surface area contributed by atoms with Crippen molar-refractivity contribution in [3.05, 3.63) is 65.6 Å². The molecule has 1 aromatic carbocycles. The van der Waals surface area contributed by atoms with Gasteiger partial charge in [-0.2, -0.15) is 0 Å². The normalized spacial score (nSPS) is 11.4. The minimum atomic E-state index is -0.327. The molecule has 0 aliphatic heterocycles. The number of rotatable bonds is 7. The van der Waals surface area contributed by atoms with Crippen molar-refractivity contribution >= 4 is 17.6 Å². The molecule has 3 aromatic rings. The number of fused-ring (bicyclic) bond motifs is 1. The number of pyridine rings is 1. The first kappa shape index (κ1) is 19.3. The molecular weight excluding hydrogens is 356 g/mol. The molecule has 146 valence electrons. The van der Waals surface area contributed by atoms with E-state index in [1.807, 2.05) is 47.9 Å². The molecule has 0 saturated heterocycles. The number of hydrogen-bond acceptors (Lipinski definition) is 5. The molecule has 2 heterocycles. The average molecular weight is 380 g/mol. The van der Waals surface area contributed by atoms with Gasteiger partial charge in [-0.3, -0.25) is 4.40 Å². The third-order valence-corrected chi connectivity index (χ3v) is 4.19. The molecule has 28 heavy (non-hydrogen) atoms. The van der Waals surface area contributed by atoms with Gasteiger partial charge >= 0.3 is 5.97 Å². The first-order valence-electron chi connectivity index (χ1n) is 9.19. The Labute approximate surface area is 163 Å². The van der Waals surface area contributed by atoms with Crippen molar-refractivity contribution in [2.45, 2.75) is 19.9 Å². The highest BCUT2D eigenvalue weighted by Crippen LogP contribution is 2.06. The molecule has 8 heteroatoms. The second-order valence-electron chi connectivity index (χ2n) is 6.11. The Morgan fingerprint density at radius 3 is 2.71 bits per heavy atom. The first-order valence-corrected chi connectivity index (χ1v) is 9.19. The molecule has 2 aromatic heterocycles. The van der Waals surface area contributed by atoms with E-state index >= 15 is 0 Å². The van der Waals surface area contributed by atoms with E-state index in [1.54, 1.807) is 12.1 Å². The third kappa shape index (κ3) is 4.85. The number of hydrogen-bond donors (Lipinski definition) is 2. The molecule has 0 atom stereocenters. The molecule has 0 aliphatic carbocycles. The van der Waals surface area contributed by atoms with E-state index in [2.05, 4.69) is 25.8 Å². The Morgan fingerprint density at radius 1 is 1.14 bits per heavy atom. The number of ether oxygens (including phenoxy) is 1. The molecule has 0 unspecified atom stereocenters. The van der Waals surface area contributed by atoms with Gasteiger partial charge < -0.3 is 15.4 Å². The van der Waals surface area contributed by atoms with Gasteiger partial charge in [-0.15, -0.1) is 10.2 Å². The van der Waals surface area contributed by atoms with E-state index in [-0.39, 0.29) is 5.97 Å². The largest absolute Gasteiger partial charge is 0.465 e. The first-order chi connectivity index (χ1) is 13.7. The Bertz CT molecular complexity index is 949. The van der Waals surface area contributed by atoms with Crippen LogP contribution in [0.25, 0.3) is 5.65 Å². The van der Waals surface area contributed by atoms with Crippen LogP contribution in [0, 0.1) is 0 Å². The highest BCUT2D eigenvalue weighted by molar-refractivity contribution is 5.89. The lowest BCUT2D eigenvalue weighted by Gasteiger charge is -2.11. The zero-order valence-corrected chi connectivity index (χ0v) is 16.1. The van der Waals surface area contributed by atoms with Gasteiger partial charge in [0.2, 0.25) is 0 Å². The van der Waals surface area contributed by atoms with E-state index in [1.165, 1.54) is 7.11 Å². The van der Waals surface area contributed by atoms with Crippen LogP contribution in [0.2, 0.25) is 0 Å². The van der Waals surface area contributed by atoms with Crippen molar-refractivity contribution in [3.63, 3.8) is 0 Å². The summed E-state index contributed by atoms with van der Waals surface area (Å²) >= 11 is 0. The molecule has 0 saturated carbocycles. The summed E-state index contributed by atoms with van der Waals surface area (Å²) in [5.74, 6) is 1.18. The highest BCUT2D eigenvalue weighted by Gasteiger charge is 2.06. The van der Waals surface area contributed by atoms with Gasteiger partial charge in [-0.25, -0.2) is 9.79 Å². The van der Waals surface area contributed by atoms with E-state index in [0.717, 1.165) is 36.0 Å². The van der Waals surface area contributed by atoms with Gasteiger partial charge in [0.15, 0.2) is 17.4 Å². The maximum absolute atomic E-state index is 11.5. The molecular formula is C20H24N6O2. The predicted molar refractivity (Wildman–Crippen MR) is 107 cm³/mol. The molecule has 0 fully saturated rings. The van der Waals surface area contributed by atoms with Crippen LogP contribution in [-0.2, 0) is 17.7 Å². The van der Waals surface area contributed by atoms with Crippen molar-refractivity contribution in [1.29, 1.82) is 0 Å². The standard InChI is InChI=1S/C20H24N6O2/c1-3-21-20(23-14-18-25-24-17-6-4-5-13-26(17)18)22-12-11-15-7-9-16(10-8-15)19(27)28-2/h4-10,13H,3,11-12,14H2,1-2H3,(H2,21,22,23). The number of nitrogens with one attached hydrogen (secondary N) is 2. The van der Waals surface area contributed by atoms with Crippen LogP contribution in [0.15, 0.2) is 53.7 Å². The Balaban J connectivity index is 1.57. The Morgan fingerprint density at radius 2 is 1.96 bits per heavy atom. The number of benzene rings is 1. The summed E-state index contributed by atoms with van der Waals surface area (Å²) in [6.07, 6.45) is 2.73. The van der Waals surface area contributed by atoms with Crippen molar-refractivity contribution in [1.82, 2.24) is 25.2 Å². The van der Waals surface area contributed by atoms with E-state index in [0.29, 0.717) is 18.7 Å². The number of guanidine groups is 1. The second-order valence-corrected chi connectivity index (χ2v) is 6.11. The van der Waals surface area contributed by atoms with Crippen molar-refractivity contribution in [2.24, 2.45) is 4.99 Å². The fourth-order valence-corrected chi connectivity index (χ4v) is 2.74. The minimum Gasteiger partial charge on any atom is -0.465 e. The summed E-state index contributed by atoms with van der Waals surface area (Å²) in [6.45, 7) is 3.92. The second kappa shape index (κ2) is 9.50. The monoisotopic (exact) mass is 380 g/mol. The Hall–Kier alpha value is -3.42. The number of carbonyl (C=O) groups excluding carboxylic acids is 1. The maximum atomic E-state index is 11.5. The average Bonchev–Trinajstić information content (AvgIpc) is 3.15. The topological polar surface area (TPSA) is 92.9 Å². The lowest BCUT2D eigenvalue weighted by atomic mass is 10.1. The SMILES string of the molecule is CCNC(=NCc1nnc2ccccn12)NCCc1ccc(C(=O)OC)cc1. The van der Waals surface area contributed by atoms with E-state index in [9.17, 15) is 4.79 Å². The van der Waals surface area contributed by atoms with Crippen LogP contribution < -0.4 is 10.6 Å². The van der Waals surface area contributed by atoms with Gasteiger partial charge in [0.05, 0.1) is 12.7 Å². The number of aliphatic imine (C=N–C) groups is 1. The van der Waals surface area contributed by atoms with E-state index < -0.39 is 0 Å². The fourth-order valence-electron chi connectivity index (χ4n) is 2.74. The van der Waals surface area contributed by atoms with Crippen LogP contribution in [0.5, 0.6) is 0 Å². The molecule has 0 radical (unpaired) electrons. The Kier molecular flexibility index (Phi) is 6.56. The summed E-state index contributed by atoms with van der Waals surface area (Å²) in [7, 11) is 1.38. The molecule has 8 nitrogen and oxygen atoms in total. The van der Waals surface area contributed by atoms with Crippen LogP contribution in [0.1, 0.15) is 28.7 Å².